The number of aliphatic hydroxyl groups is 1. The van der Waals surface area contributed by atoms with E-state index in [1.54, 1.807) is 24.3 Å². The van der Waals surface area contributed by atoms with Gasteiger partial charge in [0.05, 0.1) is 6.04 Å². The highest BCUT2D eigenvalue weighted by Crippen LogP contribution is 2.62. The first kappa shape index (κ1) is 19.2. The lowest BCUT2D eigenvalue weighted by atomic mass is 9.62. The average Bonchev–Trinajstić information content (AvgIpc) is 3.09. The molecule has 0 aromatic heterocycles. The van der Waals surface area contributed by atoms with Gasteiger partial charge in [-0.05, 0) is 49.2 Å². The number of rotatable bonds is 2. The van der Waals surface area contributed by atoms with E-state index in [-0.39, 0.29) is 11.5 Å². The van der Waals surface area contributed by atoms with E-state index in [4.69, 9.17) is 0 Å². The second-order valence-electron chi connectivity index (χ2n) is 7.72. The zero-order chi connectivity index (χ0) is 21.1. The molecule has 0 unspecified atom stereocenters. The maximum absolute atomic E-state index is 13.6. The fourth-order valence-corrected chi connectivity index (χ4v) is 4.97. The molecule has 4 rings (SSSR count). The average molecular weight is 393 g/mol. The summed E-state index contributed by atoms with van der Waals surface area (Å²) in [6.07, 6.45) is 1.18. The number of benzene rings is 2. The highest BCUT2D eigenvalue weighted by molar-refractivity contribution is 6.17. The first-order chi connectivity index (χ1) is 13.6. The van der Waals surface area contributed by atoms with Crippen LogP contribution in [0.1, 0.15) is 37.9 Å². The number of hydrogen-bond acceptors (Lipinski definition) is 4. The third-order valence-corrected chi connectivity index (χ3v) is 6.12. The van der Waals surface area contributed by atoms with E-state index >= 15 is 0 Å². The number of nitrogens with zero attached hydrogens (tertiary/aromatic N) is 1. The van der Waals surface area contributed by atoms with Gasteiger partial charge in [-0.1, -0.05) is 30.3 Å². The zero-order valence-corrected chi connectivity index (χ0v) is 16.3. The summed E-state index contributed by atoms with van der Waals surface area (Å²) in [7, 11) is 0. The number of hydrogen-bond donors (Lipinski definition) is 1. The number of ketones is 2. The van der Waals surface area contributed by atoms with Crippen molar-refractivity contribution in [2.75, 3.05) is 4.90 Å². The molecule has 6 heteroatoms. The number of allylic oxidation sites excluding steroid dienone is 1. The second kappa shape index (κ2) is 6.19. The van der Waals surface area contributed by atoms with Crippen LogP contribution in [0, 0.1) is 5.82 Å². The van der Waals surface area contributed by atoms with Gasteiger partial charge in [-0.3, -0.25) is 14.4 Å². The molecule has 0 saturated carbocycles. The molecule has 0 radical (unpaired) electrons. The number of halogens is 1. The van der Waals surface area contributed by atoms with E-state index in [2.05, 4.69) is 0 Å². The summed E-state index contributed by atoms with van der Waals surface area (Å²) in [6, 6.07) is 11.4. The highest BCUT2D eigenvalue weighted by Gasteiger charge is 2.69. The first-order valence-electron chi connectivity index (χ1n) is 9.28. The van der Waals surface area contributed by atoms with Crippen molar-refractivity contribution < 1.29 is 23.9 Å². The lowest BCUT2D eigenvalue weighted by Crippen LogP contribution is -2.57. The molecule has 0 fully saturated rings. The van der Waals surface area contributed by atoms with Crippen LogP contribution >= 0.6 is 0 Å². The molecule has 1 heterocycles. The van der Waals surface area contributed by atoms with Crippen molar-refractivity contribution in [3.8, 4) is 0 Å². The van der Waals surface area contributed by atoms with E-state index in [1.165, 1.54) is 56.0 Å². The molecule has 29 heavy (non-hydrogen) atoms. The topological polar surface area (TPSA) is 74.7 Å². The van der Waals surface area contributed by atoms with Crippen molar-refractivity contribution in [1.29, 1.82) is 0 Å². The minimum absolute atomic E-state index is 0.00480. The van der Waals surface area contributed by atoms with Crippen LogP contribution in [0.5, 0.6) is 0 Å². The smallest absolute Gasteiger partial charge is 0.224 e. The summed E-state index contributed by atoms with van der Waals surface area (Å²) in [6.45, 7) is 4.10. The molecule has 2 aromatic carbocycles. The van der Waals surface area contributed by atoms with Crippen LogP contribution in [0.2, 0.25) is 0 Å². The molecule has 1 aliphatic heterocycles. The van der Waals surface area contributed by atoms with Gasteiger partial charge in [0.2, 0.25) is 5.91 Å². The van der Waals surface area contributed by atoms with Gasteiger partial charge in [-0.2, -0.15) is 0 Å². The third kappa shape index (κ3) is 2.32. The van der Waals surface area contributed by atoms with Gasteiger partial charge >= 0.3 is 0 Å². The summed E-state index contributed by atoms with van der Waals surface area (Å²) in [5, 5.41) is 11.7. The summed E-state index contributed by atoms with van der Waals surface area (Å²) in [4.78, 5) is 39.9. The lowest BCUT2D eigenvalue weighted by molar-refractivity contribution is -0.127. The Bertz CT molecular complexity index is 1090. The Morgan fingerprint density at radius 1 is 1.07 bits per heavy atom. The summed E-state index contributed by atoms with van der Waals surface area (Å²) >= 11 is 0. The van der Waals surface area contributed by atoms with Crippen LogP contribution < -0.4 is 4.90 Å². The molecule has 148 valence electrons. The predicted molar refractivity (Wildman–Crippen MR) is 105 cm³/mol. The third-order valence-electron chi connectivity index (χ3n) is 6.12. The quantitative estimate of drug-likeness (QED) is 0.851. The largest absolute Gasteiger partial charge is 0.384 e. The first-order valence-corrected chi connectivity index (χ1v) is 9.28. The van der Waals surface area contributed by atoms with Gasteiger partial charge in [0.15, 0.2) is 11.6 Å². The van der Waals surface area contributed by atoms with Crippen molar-refractivity contribution >= 4 is 23.2 Å². The van der Waals surface area contributed by atoms with Gasteiger partial charge in [-0.15, -0.1) is 0 Å². The predicted octanol–water partition coefficient (Wildman–Crippen LogP) is 3.02. The summed E-state index contributed by atoms with van der Waals surface area (Å²) in [5.41, 5.74) is -2.05. The maximum atomic E-state index is 13.6. The standard InChI is InChI=1S/C23H20FNO4/c1-13(26)18-12-20(28)23(22(18,3)29)17-6-4-5-7-19(17)25(14(2)27)21(23)15-8-10-16(24)11-9-15/h4-12,21,29H,1-3H3/t21-,22-,23-/m0/s1. The van der Waals surface area contributed by atoms with Gasteiger partial charge in [-0.25, -0.2) is 4.39 Å². The van der Waals surface area contributed by atoms with Crippen LogP contribution in [0.25, 0.3) is 0 Å². The van der Waals surface area contributed by atoms with E-state index in [9.17, 15) is 23.9 Å². The number of carbonyl (C=O) groups excluding carboxylic acids is 3. The molecule has 1 amide bonds. The molecule has 3 atom stereocenters. The number of amides is 1. The van der Waals surface area contributed by atoms with Crippen LogP contribution in [-0.2, 0) is 19.8 Å². The van der Waals surface area contributed by atoms with Crippen LogP contribution in [0.4, 0.5) is 10.1 Å². The van der Waals surface area contributed by atoms with Gasteiger partial charge in [0.25, 0.3) is 0 Å². The summed E-state index contributed by atoms with van der Waals surface area (Å²) < 4.78 is 13.6. The molecular weight excluding hydrogens is 373 g/mol. The zero-order valence-electron chi connectivity index (χ0n) is 16.3. The van der Waals surface area contributed by atoms with Crippen LogP contribution in [0.15, 0.2) is 60.2 Å². The molecule has 1 aliphatic carbocycles. The number of carbonyl (C=O) groups is 3. The van der Waals surface area contributed by atoms with Gasteiger partial charge in [0, 0.05) is 18.2 Å². The maximum Gasteiger partial charge on any atom is 0.224 e. The molecule has 0 saturated heterocycles. The molecule has 2 aromatic rings. The Kier molecular flexibility index (Phi) is 4.10. The molecule has 5 nitrogen and oxygen atoms in total. The molecule has 1 spiro atoms. The Morgan fingerprint density at radius 3 is 2.24 bits per heavy atom. The number of para-hydroxylation sites is 1. The van der Waals surface area contributed by atoms with Crippen molar-refractivity contribution in [2.45, 2.75) is 37.8 Å². The van der Waals surface area contributed by atoms with Crippen molar-refractivity contribution in [3.05, 3.63) is 77.1 Å². The number of fused-ring (bicyclic) bond motifs is 2. The molecule has 1 N–H and O–H groups in total. The molecule has 2 aliphatic rings. The molecule has 0 bridgehead atoms. The van der Waals surface area contributed by atoms with Gasteiger partial charge < -0.3 is 10.0 Å². The second-order valence-corrected chi connectivity index (χ2v) is 7.72. The van der Waals surface area contributed by atoms with E-state index in [1.807, 2.05) is 0 Å². The normalized spacial score (nSPS) is 27.9. The van der Waals surface area contributed by atoms with Crippen molar-refractivity contribution in [1.82, 2.24) is 0 Å². The van der Waals surface area contributed by atoms with E-state index in [0.717, 1.165) is 0 Å². The Labute approximate surface area is 167 Å². The van der Waals surface area contributed by atoms with Crippen LogP contribution in [0.3, 0.4) is 0 Å². The Morgan fingerprint density at radius 2 is 1.69 bits per heavy atom. The van der Waals surface area contributed by atoms with Crippen molar-refractivity contribution in [3.63, 3.8) is 0 Å². The SMILES string of the molecule is CC(=O)C1=CC(=O)[C@]2(c3ccccc3N(C(C)=O)[C@H]2c2ccc(F)cc2)[C@@]1(C)O. The minimum atomic E-state index is -1.87. The van der Waals surface area contributed by atoms with Crippen molar-refractivity contribution in [2.24, 2.45) is 0 Å². The number of Topliss-reactive ketones (excluding diaryl/α,β-unsaturated/α-hetero) is 1. The van der Waals surface area contributed by atoms with Crippen LogP contribution in [-0.4, -0.2) is 28.2 Å². The Hall–Kier alpha value is -3.12. The van der Waals surface area contributed by atoms with Gasteiger partial charge in [0.1, 0.15) is 16.8 Å². The minimum Gasteiger partial charge on any atom is -0.384 e. The Balaban J connectivity index is 2.10. The molecular formula is C23H20FNO4. The van der Waals surface area contributed by atoms with E-state index in [0.29, 0.717) is 16.8 Å². The lowest BCUT2D eigenvalue weighted by Gasteiger charge is -2.43. The number of anilines is 1. The fraction of sp³-hybridized carbons (Fsp3) is 0.261. The highest BCUT2D eigenvalue weighted by atomic mass is 19.1. The summed E-state index contributed by atoms with van der Waals surface area (Å²) in [5.74, 6) is -1.67. The van der Waals surface area contributed by atoms with E-state index < -0.39 is 34.4 Å². The fourth-order valence-electron chi connectivity index (χ4n) is 4.97. The monoisotopic (exact) mass is 393 g/mol.